The van der Waals surface area contributed by atoms with Gasteiger partial charge in [0.05, 0.1) is 18.1 Å². The van der Waals surface area contributed by atoms with Gasteiger partial charge in [-0.2, -0.15) is 0 Å². The summed E-state index contributed by atoms with van der Waals surface area (Å²) >= 11 is 0. The highest BCUT2D eigenvalue weighted by Gasteiger charge is 2.15. The zero-order chi connectivity index (χ0) is 15.2. The summed E-state index contributed by atoms with van der Waals surface area (Å²) in [6, 6.07) is 7.45. The number of nitrogens with two attached hydrogens (primary N) is 1. The molecule has 0 saturated carbocycles. The van der Waals surface area contributed by atoms with Gasteiger partial charge in [-0.1, -0.05) is 32.0 Å². The molecule has 1 amide bonds. The van der Waals surface area contributed by atoms with E-state index < -0.39 is 6.04 Å². The van der Waals surface area contributed by atoms with Gasteiger partial charge in [0.25, 0.3) is 0 Å². The molecule has 1 aromatic carbocycles. The molecule has 1 heterocycles. The van der Waals surface area contributed by atoms with Crippen molar-refractivity contribution in [3.8, 4) is 5.69 Å². The fraction of sp³-hybridized carbons (Fsp3) is 0.375. The highest BCUT2D eigenvalue weighted by Crippen LogP contribution is 2.14. The van der Waals surface area contributed by atoms with Crippen molar-refractivity contribution in [3.63, 3.8) is 0 Å². The van der Waals surface area contributed by atoms with Crippen molar-refractivity contribution in [3.05, 3.63) is 48.5 Å². The van der Waals surface area contributed by atoms with Crippen LogP contribution in [0.15, 0.2) is 43.0 Å². The SMILES string of the molecule is CC(C)C[C@@H](N)C(=O)NCc1ccccc1-n1ccnc1. The minimum absolute atomic E-state index is 0.107. The number of nitrogens with one attached hydrogen (secondary N) is 1. The van der Waals surface area contributed by atoms with E-state index >= 15 is 0 Å². The first-order chi connectivity index (χ1) is 10.1. The lowest BCUT2D eigenvalue weighted by molar-refractivity contribution is -0.122. The Hall–Kier alpha value is -2.14. The highest BCUT2D eigenvalue weighted by molar-refractivity contribution is 5.81. The predicted octanol–water partition coefficient (Wildman–Crippen LogP) is 1.86. The fourth-order valence-corrected chi connectivity index (χ4v) is 2.24. The molecule has 0 unspecified atom stereocenters. The monoisotopic (exact) mass is 286 g/mol. The Morgan fingerprint density at radius 3 is 2.81 bits per heavy atom. The van der Waals surface area contributed by atoms with Gasteiger partial charge in [-0.3, -0.25) is 4.79 Å². The number of amides is 1. The summed E-state index contributed by atoms with van der Waals surface area (Å²) in [4.78, 5) is 16.0. The van der Waals surface area contributed by atoms with E-state index in [1.54, 1.807) is 12.5 Å². The number of rotatable bonds is 6. The van der Waals surface area contributed by atoms with Gasteiger partial charge in [0.15, 0.2) is 0 Å². The van der Waals surface area contributed by atoms with E-state index in [1.165, 1.54) is 0 Å². The zero-order valence-corrected chi connectivity index (χ0v) is 12.5. The van der Waals surface area contributed by atoms with Crippen LogP contribution in [0.1, 0.15) is 25.8 Å². The highest BCUT2D eigenvalue weighted by atomic mass is 16.2. The molecule has 112 valence electrons. The number of hydrogen-bond donors (Lipinski definition) is 2. The molecule has 3 N–H and O–H groups in total. The Kier molecular flexibility index (Phi) is 5.11. The van der Waals surface area contributed by atoms with Crippen LogP contribution < -0.4 is 11.1 Å². The number of carbonyl (C=O) groups excluding carboxylic acids is 1. The maximum atomic E-state index is 12.0. The van der Waals surface area contributed by atoms with Crippen molar-refractivity contribution in [1.29, 1.82) is 0 Å². The third kappa shape index (κ3) is 4.16. The van der Waals surface area contributed by atoms with Crippen molar-refractivity contribution in [1.82, 2.24) is 14.9 Å². The number of para-hydroxylation sites is 1. The molecule has 0 fully saturated rings. The lowest BCUT2D eigenvalue weighted by atomic mass is 10.0. The molecule has 2 aromatic rings. The second kappa shape index (κ2) is 7.04. The molecule has 0 spiro atoms. The number of nitrogens with zero attached hydrogens (tertiary/aromatic N) is 2. The van der Waals surface area contributed by atoms with Crippen molar-refractivity contribution >= 4 is 5.91 Å². The smallest absolute Gasteiger partial charge is 0.237 e. The molecule has 2 rings (SSSR count). The molecule has 1 atom stereocenters. The van der Waals surface area contributed by atoms with Gasteiger partial charge in [0.2, 0.25) is 5.91 Å². The van der Waals surface area contributed by atoms with Gasteiger partial charge in [-0.25, -0.2) is 4.98 Å². The average molecular weight is 286 g/mol. The summed E-state index contributed by atoms with van der Waals surface area (Å²) in [5.41, 5.74) is 7.92. The maximum Gasteiger partial charge on any atom is 0.237 e. The van der Waals surface area contributed by atoms with E-state index in [0.29, 0.717) is 18.9 Å². The Morgan fingerprint density at radius 2 is 2.14 bits per heavy atom. The summed E-state index contributed by atoms with van der Waals surface area (Å²) in [6.07, 6.45) is 6.04. The van der Waals surface area contributed by atoms with Gasteiger partial charge in [0.1, 0.15) is 0 Å². The normalized spacial score (nSPS) is 12.4. The molecule has 5 heteroatoms. The molecule has 0 radical (unpaired) electrons. The molecule has 0 aliphatic heterocycles. The number of benzene rings is 1. The second-order valence-electron chi connectivity index (χ2n) is 5.55. The third-order valence-corrected chi connectivity index (χ3v) is 3.29. The minimum Gasteiger partial charge on any atom is -0.351 e. The molecule has 0 saturated heterocycles. The number of carbonyl (C=O) groups is 1. The first kappa shape index (κ1) is 15.3. The Balaban J connectivity index is 2.02. The Bertz CT molecular complexity index is 578. The first-order valence-corrected chi connectivity index (χ1v) is 7.17. The largest absolute Gasteiger partial charge is 0.351 e. The molecular weight excluding hydrogens is 264 g/mol. The zero-order valence-electron chi connectivity index (χ0n) is 12.5. The quantitative estimate of drug-likeness (QED) is 0.851. The van der Waals surface area contributed by atoms with Crippen LogP contribution in [0.4, 0.5) is 0 Å². The van der Waals surface area contributed by atoms with E-state index in [4.69, 9.17) is 5.73 Å². The van der Waals surface area contributed by atoms with Crippen LogP contribution in [0.2, 0.25) is 0 Å². The topological polar surface area (TPSA) is 72.9 Å². The number of imidazole rings is 1. The van der Waals surface area contributed by atoms with Crippen molar-refractivity contribution in [2.75, 3.05) is 0 Å². The Labute approximate surface area is 125 Å². The van der Waals surface area contributed by atoms with Crippen molar-refractivity contribution in [2.24, 2.45) is 11.7 Å². The van der Waals surface area contributed by atoms with Crippen molar-refractivity contribution < 1.29 is 4.79 Å². The summed E-state index contributed by atoms with van der Waals surface area (Å²) in [5, 5.41) is 2.91. The molecule has 5 nitrogen and oxygen atoms in total. The van der Waals surface area contributed by atoms with Crippen LogP contribution in [-0.4, -0.2) is 21.5 Å². The minimum atomic E-state index is -0.453. The van der Waals surface area contributed by atoms with Crippen molar-refractivity contribution in [2.45, 2.75) is 32.9 Å². The van der Waals surface area contributed by atoms with Gasteiger partial charge in [-0.15, -0.1) is 0 Å². The van der Waals surface area contributed by atoms with Crippen LogP contribution in [0.25, 0.3) is 5.69 Å². The summed E-state index contributed by atoms with van der Waals surface area (Å²) in [7, 11) is 0. The molecule has 21 heavy (non-hydrogen) atoms. The lowest BCUT2D eigenvalue weighted by Crippen LogP contribution is -2.41. The fourth-order valence-electron chi connectivity index (χ4n) is 2.24. The predicted molar refractivity (Wildman–Crippen MR) is 82.8 cm³/mol. The van der Waals surface area contributed by atoms with E-state index in [2.05, 4.69) is 24.1 Å². The van der Waals surface area contributed by atoms with Crippen LogP contribution in [-0.2, 0) is 11.3 Å². The first-order valence-electron chi connectivity index (χ1n) is 7.17. The van der Waals surface area contributed by atoms with Crippen LogP contribution in [0.5, 0.6) is 0 Å². The molecular formula is C16H22N4O. The molecule has 0 bridgehead atoms. The molecule has 0 aliphatic rings. The third-order valence-electron chi connectivity index (χ3n) is 3.29. The van der Waals surface area contributed by atoms with Crippen LogP contribution in [0, 0.1) is 5.92 Å². The maximum absolute atomic E-state index is 12.0. The van der Waals surface area contributed by atoms with E-state index in [1.807, 2.05) is 35.0 Å². The van der Waals surface area contributed by atoms with E-state index in [-0.39, 0.29) is 5.91 Å². The summed E-state index contributed by atoms with van der Waals surface area (Å²) in [6.45, 7) is 4.57. The standard InChI is InChI=1S/C16H22N4O/c1-12(2)9-14(17)16(21)19-10-13-5-3-4-6-15(13)20-8-7-18-11-20/h3-8,11-12,14H,9-10,17H2,1-2H3,(H,19,21)/t14-/m1/s1. The average Bonchev–Trinajstić information content (AvgIpc) is 2.98. The van der Waals surface area contributed by atoms with Gasteiger partial charge < -0.3 is 15.6 Å². The Morgan fingerprint density at radius 1 is 1.38 bits per heavy atom. The molecule has 1 aromatic heterocycles. The van der Waals surface area contributed by atoms with Gasteiger partial charge in [-0.05, 0) is 24.0 Å². The van der Waals surface area contributed by atoms with E-state index in [0.717, 1.165) is 11.3 Å². The lowest BCUT2D eigenvalue weighted by Gasteiger charge is -2.15. The van der Waals surface area contributed by atoms with Gasteiger partial charge >= 0.3 is 0 Å². The second-order valence-corrected chi connectivity index (χ2v) is 5.55. The van der Waals surface area contributed by atoms with E-state index in [9.17, 15) is 4.79 Å². The van der Waals surface area contributed by atoms with Crippen LogP contribution >= 0.6 is 0 Å². The van der Waals surface area contributed by atoms with Crippen LogP contribution in [0.3, 0.4) is 0 Å². The van der Waals surface area contributed by atoms with Gasteiger partial charge in [0, 0.05) is 18.9 Å². The number of hydrogen-bond acceptors (Lipinski definition) is 3. The number of aromatic nitrogens is 2. The molecule has 0 aliphatic carbocycles. The summed E-state index contributed by atoms with van der Waals surface area (Å²) in [5.74, 6) is 0.299. The summed E-state index contributed by atoms with van der Waals surface area (Å²) < 4.78 is 1.93.